The molecule has 0 radical (unpaired) electrons. The van der Waals surface area contributed by atoms with E-state index in [0.717, 1.165) is 32.5 Å². The molecule has 0 bridgehead atoms. The van der Waals surface area contributed by atoms with Gasteiger partial charge in [0.25, 0.3) is 0 Å². The van der Waals surface area contributed by atoms with Gasteiger partial charge in [-0.25, -0.2) is 5.01 Å². The van der Waals surface area contributed by atoms with Gasteiger partial charge in [0.1, 0.15) is 0 Å². The van der Waals surface area contributed by atoms with Gasteiger partial charge in [-0.3, -0.25) is 9.80 Å². The van der Waals surface area contributed by atoms with Crippen LogP contribution in [0.15, 0.2) is 0 Å². The van der Waals surface area contributed by atoms with Gasteiger partial charge in [0.05, 0.1) is 0 Å². The van der Waals surface area contributed by atoms with Crippen LogP contribution in [-0.2, 0) is 4.79 Å². The highest BCUT2D eigenvalue weighted by molar-refractivity contribution is 5.76. The van der Waals surface area contributed by atoms with Gasteiger partial charge in [0.15, 0.2) is 0 Å². The minimum absolute atomic E-state index is 0.197. The SMILES string of the molecule is CCN1C(=O)CCCN1CCCO. The van der Waals surface area contributed by atoms with Gasteiger partial charge in [0, 0.05) is 32.7 Å². The maximum absolute atomic E-state index is 11.4. The minimum atomic E-state index is 0.197. The average Bonchev–Trinajstić information content (AvgIpc) is 2.15. The molecule has 1 aliphatic rings. The number of aliphatic hydroxyl groups excluding tert-OH is 1. The predicted molar refractivity (Wildman–Crippen MR) is 49.9 cm³/mol. The summed E-state index contributed by atoms with van der Waals surface area (Å²) >= 11 is 0. The lowest BCUT2D eigenvalue weighted by Crippen LogP contribution is -2.50. The molecular weight excluding hydrogens is 168 g/mol. The number of carbonyl (C=O) groups is 1. The maximum atomic E-state index is 11.4. The van der Waals surface area contributed by atoms with Crippen LogP contribution in [0.2, 0.25) is 0 Å². The topological polar surface area (TPSA) is 43.8 Å². The van der Waals surface area contributed by atoms with Gasteiger partial charge in [0.2, 0.25) is 5.91 Å². The van der Waals surface area contributed by atoms with Crippen LogP contribution in [0.25, 0.3) is 0 Å². The summed E-state index contributed by atoms with van der Waals surface area (Å²) in [4.78, 5) is 11.4. The van der Waals surface area contributed by atoms with Crippen molar-refractivity contribution >= 4 is 5.91 Å². The molecule has 0 aliphatic carbocycles. The number of nitrogens with zero attached hydrogens (tertiary/aromatic N) is 2. The number of hydrazine groups is 1. The van der Waals surface area contributed by atoms with Crippen molar-refractivity contribution in [2.24, 2.45) is 0 Å². The Morgan fingerprint density at radius 1 is 1.54 bits per heavy atom. The standard InChI is InChI=1S/C9H18N2O2/c1-2-11-9(13)5-3-6-10(11)7-4-8-12/h12H,2-8H2,1H3. The Hall–Kier alpha value is -0.610. The number of aliphatic hydroxyl groups is 1. The van der Waals surface area contributed by atoms with Crippen LogP contribution < -0.4 is 0 Å². The first-order valence-corrected chi connectivity index (χ1v) is 4.95. The van der Waals surface area contributed by atoms with Crippen LogP contribution in [0, 0.1) is 0 Å². The first-order chi connectivity index (χ1) is 6.29. The van der Waals surface area contributed by atoms with E-state index in [4.69, 9.17) is 5.11 Å². The first-order valence-electron chi connectivity index (χ1n) is 4.95. The smallest absolute Gasteiger partial charge is 0.236 e. The summed E-state index contributed by atoms with van der Waals surface area (Å²) in [5, 5.41) is 12.5. The zero-order valence-electron chi connectivity index (χ0n) is 8.20. The van der Waals surface area contributed by atoms with E-state index in [1.807, 2.05) is 11.9 Å². The maximum Gasteiger partial charge on any atom is 0.236 e. The molecule has 1 N–H and O–H groups in total. The molecule has 1 aliphatic heterocycles. The molecule has 1 saturated heterocycles. The lowest BCUT2D eigenvalue weighted by molar-refractivity contribution is -0.155. The lowest BCUT2D eigenvalue weighted by atomic mass is 10.2. The van der Waals surface area contributed by atoms with E-state index in [9.17, 15) is 4.79 Å². The van der Waals surface area contributed by atoms with Crippen molar-refractivity contribution < 1.29 is 9.90 Å². The van der Waals surface area contributed by atoms with Gasteiger partial charge >= 0.3 is 0 Å². The van der Waals surface area contributed by atoms with Gasteiger partial charge in [-0.1, -0.05) is 0 Å². The summed E-state index contributed by atoms with van der Waals surface area (Å²) in [7, 11) is 0. The van der Waals surface area contributed by atoms with Crippen molar-refractivity contribution in [3.05, 3.63) is 0 Å². The van der Waals surface area contributed by atoms with E-state index in [0.29, 0.717) is 6.42 Å². The van der Waals surface area contributed by atoms with Gasteiger partial charge in [-0.2, -0.15) is 0 Å². The molecule has 1 rings (SSSR count). The Morgan fingerprint density at radius 3 is 2.92 bits per heavy atom. The van der Waals surface area contributed by atoms with Gasteiger partial charge in [-0.15, -0.1) is 0 Å². The second kappa shape index (κ2) is 5.19. The summed E-state index contributed by atoms with van der Waals surface area (Å²) in [6, 6.07) is 0. The minimum Gasteiger partial charge on any atom is -0.396 e. The normalized spacial score (nSPS) is 19.5. The van der Waals surface area contributed by atoms with E-state index < -0.39 is 0 Å². The molecule has 0 atom stereocenters. The molecule has 4 heteroatoms. The van der Waals surface area contributed by atoms with Gasteiger partial charge < -0.3 is 5.11 Å². The van der Waals surface area contributed by atoms with Crippen molar-refractivity contribution in [1.29, 1.82) is 0 Å². The largest absolute Gasteiger partial charge is 0.396 e. The molecule has 1 heterocycles. The number of amides is 1. The Labute approximate surface area is 79.1 Å². The summed E-state index contributed by atoms with van der Waals surface area (Å²) in [6.45, 7) is 4.65. The third-order valence-corrected chi connectivity index (χ3v) is 2.31. The highest BCUT2D eigenvalue weighted by atomic mass is 16.3. The molecule has 0 unspecified atom stereocenters. The summed E-state index contributed by atoms with van der Waals surface area (Å²) in [5.41, 5.74) is 0. The fourth-order valence-electron chi connectivity index (χ4n) is 1.68. The quantitative estimate of drug-likeness (QED) is 0.683. The van der Waals surface area contributed by atoms with Crippen molar-refractivity contribution in [3.8, 4) is 0 Å². The molecule has 0 aromatic heterocycles. The van der Waals surface area contributed by atoms with E-state index in [1.165, 1.54) is 0 Å². The Kier molecular flexibility index (Phi) is 4.18. The molecular formula is C9H18N2O2. The molecule has 1 fully saturated rings. The molecule has 0 spiro atoms. The van der Waals surface area contributed by atoms with E-state index >= 15 is 0 Å². The number of rotatable bonds is 4. The van der Waals surface area contributed by atoms with Crippen molar-refractivity contribution in [2.45, 2.75) is 26.2 Å². The van der Waals surface area contributed by atoms with E-state index in [2.05, 4.69) is 0 Å². The lowest BCUT2D eigenvalue weighted by Gasteiger charge is -2.37. The van der Waals surface area contributed by atoms with Crippen LogP contribution in [0.1, 0.15) is 26.2 Å². The molecule has 0 aromatic carbocycles. The fourth-order valence-corrected chi connectivity index (χ4v) is 1.68. The van der Waals surface area contributed by atoms with Crippen LogP contribution in [0.5, 0.6) is 0 Å². The third-order valence-electron chi connectivity index (χ3n) is 2.31. The fraction of sp³-hybridized carbons (Fsp3) is 0.889. The highest BCUT2D eigenvalue weighted by Crippen LogP contribution is 2.11. The van der Waals surface area contributed by atoms with Crippen molar-refractivity contribution in [3.63, 3.8) is 0 Å². The summed E-state index contributed by atoms with van der Waals surface area (Å²) < 4.78 is 0. The van der Waals surface area contributed by atoms with Crippen LogP contribution >= 0.6 is 0 Å². The molecule has 1 amide bonds. The zero-order valence-corrected chi connectivity index (χ0v) is 8.20. The Morgan fingerprint density at radius 2 is 2.31 bits per heavy atom. The predicted octanol–water partition coefficient (Wildman–Crippen LogP) is 0.228. The molecule has 4 nitrogen and oxygen atoms in total. The highest BCUT2D eigenvalue weighted by Gasteiger charge is 2.23. The van der Waals surface area contributed by atoms with Gasteiger partial charge in [-0.05, 0) is 19.8 Å². The second-order valence-corrected chi connectivity index (χ2v) is 3.24. The third kappa shape index (κ3) is 2.67. The van der Waals surface area contributed by atoms with Crippen molar-refractivity contribution in [2.75, 3.05) is 26.2 Å². The Balaban J connectivity index is 2.44. The summed E-state index contributed by atoms with van der Waals surface area (Å²) in [6.07, 6.45) is 2.36. The monoisotopic (exact) mass is 186 g/mol. The molecule has 76 valence electrons. The van der Waals surface area contributed by atoms with Crippen LogP contribution in [0.4, 0.5) is 0 Å². The first kappa shape index (κ1) is 10.5. The number of carbonyl (C=O) groups excluding carboxylic acids is 1. The average molecular weight is 186 g/mol. The molecule has 0 aromatic rings. The second-order valence-electron chi connectivity index (χ2n) is 3.24. The zero-order chi connectivity index (χ0) is 9.68. The Bertz CT molecular complexity index is 173. The molecule has 13 heavy (non-hydrogen) atoms. The number of hydrogen-bond acceptors (Lipinski definition) is 3. The van der Waals surface area contributed by atoms with E-state index in [1.54, 1.807) is 5.01 Å². The van der Waals surface area contributed by atoms with Crippen molar-refractivity contribution in [1.82, 2.24) is 10.0 Å². The number of hydrogen-bond donors (Lipinski definition) is 1. The van der Waals surface area contributed by atoms with Crippen LogP contribution in [0.3, 0.4) is 0 Å². The molecule has 0 saturated carbocycles. The summed E-state index contributed by atoms with van der Waals surface area (Å²) in [5.74, 6) is 0.215. The van der Waals surface area contributed by atoms with Crippen LogP contribution in [-0.4, -0.2) is 47.3 Å². The van der Waals surface area contributed by atoms with E-state index in [-0.39, 0.29) is 12.5 Å².